The minimum atomic E-state index is -1.52. The van der Waals surface area contributed by atoms with Crippen molar-refractivity contribution in [2.75, 3.05) is 0 Å². The van der Waals surface area contributed by atoms with Crippen LogP contribution in [-0.4, -0.2) is 23.0 Å². The molecule has 0 saturated carbocycles. The largest absolute Gasteiger partial charge is 0.488 e. The monoisotopic (exact) mass is 183 g/mol. The second-order valence-electron chi connectivity index (χ2n) is 2.29. The summed E-state index contributed by atoms with van der Waals surface area (Å²) in [6, 6.07) is 6.22. The minimum Gasteiger partial charge on any atom is -0.457 e. The second kappa shape index (κ2) is 3.75. The number of rotatable bonds is 2. The molecule has 0 fully saturated rings. The van der Waals surface area contributed by atoms with Gasteiger partial charge >= 0.3 is 7.12 Å². The highest BCUT2D eigenvalue weighted by Gasteiger charge is 2.08. The van der Waals surface area contributed by atoms with Crippen molar-refractivity contribution < 1.29 is 14.3 Å². The normalized spacial score (nSPS) is 10.2. The van der Waals surface area contributed by atoms with Crippen molar-refractivity contribution in [3.05, 3.63) is 24.3 Å². The summed E-state index contributed by atoms with van der Waals surface area (Å²) in [7, 11) is -2.85. The van der Waals surface area contributed by atoms with Gasteiger partial charge in [-0.15, -0.1) is 4.90 Å². The van der Waals surface area contributed by atoms with Gasteiger partial charge in [-0.3, -0.25) is 10.4 Å². The smallest absolute Gasteiger partial charge is 0.457 e. The van der Waals surface area contributed by atoms with E-state index in [1.807, 2.05) is 0 Å². The standard InChI is InChI=1S/C7H8BO3S/c1-12(11)7-4-2-3-6(5-7)8(9)10/h2-5,9-10H,1H2/q-1. The summed E-state index contributed by atoms with van der Waals surface area (Å²) in [5.74, 6) is 3.32. The topological polar surface area (TPSA) is 57.5 Å². The van der Waals surface area contributed by atoms with Gasteiger partial charge in [-0.25, -0.2) is 0 Å². The van der Waals surface area contributed by atoms with E-state index in [0.29, 0.717) is 10.4 Å². The summed E-state index contributed by atoms with van der Waals surface area (Å²) in [5.41, 5.74) is 0.324. The molecule has 0 amide bonds. The third-order valence-electron chi connectivity index (χ3n) is 1.42. The average Bonchev–Trinajstić information content (AvgIpc) is 2.04. The molecule has 0 unspecified atom stereocenters. The maximum atomic E-state index is 10.9. The van der Waals surface area contributed by atoms with Crippen LogP contribution in [0.25, 0.3) is 0 Å². The molecule has 12 heavy (non-hydrogen) atoms. The Balaban J connectivity index is 3.12. The van der Waals surface area contributed by atoms with Crippen molar-refractivity contribution in [3.8, 4) is 0 Å². The molecule has 64 valence electrons. The van der Waals surface area contributed by atoms with E-state index in [1.54, 1.807) is 18.2 Å². The third-order valence-corrected chi connectivity index (χ3v) is 2.20. The highest BCUT2D eigenvalue weighted by molar-refractivity contribution is 7.82. The van der Waals surface area contributed by atoms with Crippen LogP contribution < -0.4 is 5.46 Å². The fraction of sp³-hybridized carbons (Fsp3) is 0. The van der Waals surface area contributed by atoms with Crippen LogP contribution in [0.2, 0.25) is 0 Å². The molecule has 1 aromatic rings. The Kier molecular flexibility index (Phi) is 2.91. The minimum absolute atomic E-state index is 0.324. The summed E-state index contributed by atoms with van der Waals surface area (Å²) in [6.45, 7) is 0. The van der Waals surface area contributed by atoms with Gasteiger partial charge in [0.15, 0.2) is 0 Å². The molecule has 0 radical (unpaired) electrons. The van der Waals surface area contributed by atoms with E-state index < -0.39 is 17.5 Å². The lowest BCUT2D eigenvalue weighted by molar-refractivity contribution is 0.425. The molecule has 0 atom stereocenters. The van der Waals surface area contributed by atoms with Gasteiger partial charge in [0.1, 0.15) is 0 Å². The summed E-state index contributed by atoms with van der Waals surface area (Å²) in [4.78, 5) is 0.487. The molecule has 3 nitrogen and oxygen atoms in total. The molecule has 1 aromatic carbocycles. The van der Waals surface area contributed by atoms with Crippen LogP contribution in [-0.2, 0) is 14.6 Å². The lowest BCUT2D eigenvalue weighted by atomic mass is 9.81. The van der Waals surface area contributed by atoms with Crippen molar-refractivity contribution in [2.24, 2.45) is 0 Å². The van der Waals surface area contributed by atoms with Crippen molar-refractivity contribution in [2.45, 2.75) is 4.90 Å². The zero-order valence-electron chi connectivity index (χ0n) is 6.30. The quantitative estimate of drug-likeness (QED) is 0.355. The molecule has 0 spiro atoms. The van der Waals surface area contributed by atoms with Crippen LogP contribution in [0.15, 0.2) is 29.2 Å². The molecule has 5 heteroatoms. The fourth-order valence-electron chi connectivity index (χ4n) is 0.817. The van der Waals surface area contributed by atoms with E-state index in [-0.39, 0.29) is 0 Å². The molecule has 0 aliphatic heterocycles. The molecule has 0 bridgehead atoms. The molecule has 1 rings (SSSR count). The van der Waals surface area contributed by atoms with Crippen molar-refractivity contribution >= 4 is 28.8 Å². The van der Waals surface area contributed by atoms with E-state index in [9.17, 15) is 4.21 Å². The van der Waals surface area contributed by atoms with Crippen molar-refractivity contribution in [3.63, 3.8) is 0 Å². The van der Waals surface area contributed by atoms with Crippen LogP contribution >= 0.6 is 0 Å². The maximum absolute atomic E-state index is 10.9. The first-order chi connectivity index (χ1) is 5.61. The Morgan fingerprint density at radius 1 is 1.42 bits per heavy atom. The van der Waals surface area contributed by atoms with Gasteiger partial charge in [0.25, 0.3) is 0 Å². The summed E-state index contributed by atoms with van der Waals surface area (Å²) >= 11 is 0. The van der Waals surface area contributed by atoms with Gasteiger partial charge in [0, 0.05) is 0 Å². The second-order valence-corrected chi connectivity index (χ2v) is 3.45. The molecule has 0 heterocycles. The van der Waals surface area contributed by atoms with E-state index in [4.69, 9.17) is 10.0 Å². The van der Waals surface area contributed by atoms with Crippen LogP contribution in [0.1, 0.15) is 0 Å². The lowest BCUT2D eigenvalue weighted by Crippen LogP contribution is -2.29. The van der Waals surface area contributed by atoms with Gasteiger partial charge < -0.3 is 14.3 Å². The molecule has 0 aliphatic carbocycles. The van der Waals surface area contributed by atoms with E-state index in [2.05, 4.69) is 5.87 Å². The predicted octanol–water partition coefficient (Wildman–Crippen LogP) is -0.879. The zero-order valence-corrected chi connectivity index (χ0v) is 7.12. The fourth-order valence-corrected chi connectivity index (χ4v) is 1.31. The van der Waals surface area contributed by atoms with Crippen LogP contribution in [0.3, 0.4) is 0 Å². The van der Waals surface area contributed by atoms with Crippen molar-refractivity contribution in [1.82, 2.24) is 0 Å². The average molecular weight is 183 g/mol. The SMILES string of the molecule is C=[S-](=O)c1cccc(B(O)O)c1. The molecule has 0 aromatic heterocycles. The zero-order chi connectivity index (χ0) is 9.14. The van der Waals surface area contributed by atoms with Gasteiger partial charge in [-0.1, -0.05) is 24.3 Å². The van der Waals surface area contributed by atoms with Crippen LogP contribution in [0, 0.1) is 0 Å². The number of hydrogen-bond donors (Lipinski definition) is 2. The molecular weight excluding hydrogens is 175 g/mol. The summed E-state index contributed by atoms with van der Waals surface area (Å²) in [6.07, 6.45) is 0. The van der Waals surface area contributed by atoms with E-state index in [1.165, 1.54) is 6.07 Å². The highest BCUT2D eigenvalue weighted by atomic mass is 32.2. The van der Waals surface area contributed by atoms with Gasteiger partial charge in [-0.2, -0.15) is 5.87 Å². The number of benzene rings is 1. The number of hydrogen-bond acceptors (Lipinski definition) is 4. The maximum Gasteiger partial charge on any atom is 0.488 e. The van der Waals surface area contributed by atoms with Gasteiger partial charge in [0.05, 0.1) is 0 Å². The van der Waals surface area contributed by atoms with Crippen molar-refractivity contribution in [1.29, 1.82) is 0 Å². The Hall–Kier alpha value is -0.775. The summed E-state index contributed by atoms with van der Waals surface area (Å²) < 4.78 is 10.9. The highest BCUT2D eigenvalue weighted by Crippen LogP contribution is 1.97. The Labute approximate surface area is 72.9 Å². The summed E-state index contributed by atoms with van der Waals surface area (Å²) in [5, 5.41) is 17.5. The van der Waals surface area contributed by atoms with E-state index >= 15 is 0 Å². The van der Waals surface area contributed by atoms with Gasteiger partial charge in [0.2, 0.25) is 0 Å². The molecular formula is C7H8BO3S-. The molecule has 2 N–H and O–H groups in total. The lowest BCUT2D eigenvalue weighted by Gasteiger charge is -2.05. The first kappa shape index (κ1) is 9.31. The first-order valence-electron chi connectivity index (χ1n) is 3.29. The first-order valence-corrected chi connectivity index (χ1v) is 4.60. The Morgan fingerprint density at radius 3 is 2.58 bits per heavy atom. The van der Waals surface area contributed by atoms with E-state index in [0.717, 1.165) is 0 Å². The third kappa shape index (κ3) is 2.10. The molecule has 0 aliphatic rings. The Bertz CT molecular complexity index is 338. The van der Waals surface area contributed by atoms with Gasteiger partial charge in [-0.05, 0) is 5.46 Å². The molecule has 0 saturated heterocycles. The van der Waals surface area contributed by atoms with Crippen LogP contribution in [0.4, 0.5) is 0 Å². The Morgan fingerprint density at radius 2 is 2.08 bits per heavy atom. The predicted molar refractivity (Wildman–Crippen MR) is 49.7 cm³/mol. The van der Waals surface area contributed by atoms with Crippen LogP contribution in [0.5, 0.6) is 0 Å².